The van der Waals surface area contributed by atoms with Crippen molar-refractivity contribution in [2.45, 2.75) is 58.1 Å². The van der Waals surface area contributed by atoms with E-state index in [4.69, 9.17) is 0 Å². The van der Waals surface area contributed by atoms with Crippen LogP contribution in [-0.2, 0) is 0 Å². The van der Waals surface area contributed by atoms with Crippen LogP contribution in [0.25, 0.3) is 0 Å². The van der Waals surface area contributed by atoms with Crippen molar-refractivity contribution in [3.8, 4) is 0 Å². The summed E-state index contributed by atoms with van der Waals surface area (Å²) in [5.41, 5.74) is 0.0303. The molecule has 16 heavy (non-hydrogen) atoms. The molecule has 0 unspecified atom stereocenters. The van der Waals surface area contributed by atoms with Crippen molar-refractivity contribution in [3.05, 3.63) is 12.7 Å². The summed E-state index contributed by atoms with van der Waals surface area (Å²) in [6, 6.07) is 0. The molecule has 2 nitrogen and oxygen atoms in total. The van der Waals surface area contributed by atoms with Gasteiger partial charge in [0.15, 0.2) is 0 Å². The summed E-state index contributed by atoms with van der Waals surface area (Å²) in [6.07, 6.45) is 6.11. The van der Waals surface area contributed by atoms with Gasteiger partial charge in [-0.1, -0.05) is 19.4 Å². The van der Waals surface area contributed by atoms with E-state index in [-0.39, 0.29) is 11.6 Å². The zero-order chi connectivity index (χ0) is 12.2. The normalized spacial score (nSPS) is 31.4. The second kappa shape index (κ2) is 5.83. The molecule has 0 heterocycles. The highest BCUT2D eigenvalue weighted by molar-refractivity contribution is 4.93. The first-order chi connectivity index (χ1) is 7.47. The van der Waals surface area contributed by atoms with Gasteiger partial charge in [-0.05, 0) is 45.6 Å². The van der Waals surface area contributed by atoms with Gasteiger partial charge in [0.2, 0.25) is 0 Å². The molecule has 1 rings (SSSR count). The summed E-state index contributed by atoms with van der Waals surface area (Å²) >= 11 is 0. The fraction of sp³-hybridized carbons (Fsp3) is 0.857. The number of nitrogens with one attached hydrogen (secondary N) is 1. The molecule has 2 N–H and O–H groups in total. The van der Waals surface area contributed by atoms with E-state index in [1.165, 1.54) is 6.42 Å². The Hall–Kier alpha value is -0.340. The largest absolute Gasteiger partial charge is 0.393 e. The fourth-order valence-electron chi connectivity index (χ4n) is 2.82. The molecule has 0 saturated heterocycles. The van der Waals surface area contributed by atoms with Gasteiger partial charge in [-0.25, -0.2) is 0 Å². The van der Waals surface area contributed by atoms with E-state index in [1.54, 1.807) is 0 Å². The number of aliphatic hydroxyl groups is 1. The molecule has 0 aromatic heterocycles. The Balaban J connectivity index is 2.49. The lowest BCUT2D eigenvalue weighted by atomic mass is 9.72. The summed E-state index contributed by atoms with van der Waals surface area (Å²) in [5.74, 6) is 1.06. The molecule has 0 radical (unpaired) electrons. The second-order valence-corrected chi connectivity index (χ2v) is 5.82. The summed E-state index contributed by atoms with van der Waals surface area (Å²) in [5, 5.41) is 13.7. The van der Waals surface area contributed by atoms with E-state index in [1.807, 2.05) is 6.08 Å². The molecule has 1 fully saturated rings. The predicted octanol–water partition coefficient (Wildman–Crippen LogP) is 2.73. The van der Waals surface area contributed by atoms with Crippen molar-refractivity contribution in [1.29, 1.82) is 0 Å². The van der Waals surface area contributed by atoms with Gasteiger partial charge in [0.1, 0.15) is 0 Å². The third kappa shape index (κ3) is 3.60. The van der Waals surface area contributed by atoms with Crippen LogP contribution in [0.4, 0.5) is 0 Å². The summed E-state index contributed by atoms with van der Waals surface area (Å²) in [4.78, 5) is 0. The van der Waals surface area contributed by atoms with Crippen LogP contribution >= 0.6 is 0 Å². The molecule has 1 saturated carbocycles. The third-order valence-corrected chi connectivity index (χ3v) is 3.93. The minimum absolute atomic E-state index is 0.0303. The van der Waals surface area contributed by atoms with Crippen molar-refractivity contribution in [2.24, 2.45) is 11.8 Å². The maximum Gasteiger partial charge on any atom is 0.0588 e. The molecule has 0 bridgehead atoms. The monoisotopic (exact) mass is 225 g/mol. The van der Waals surface area contributed by atoms with E-state index in [9.17, 15) is 5.11 Å². The van der Waals surface area contributed by atoms with Gasteiger partial charge in [0.25, 0.3) is 0 Å². The van der Waals surface area contributed by atoms with Crippen LogP contribution in [-0.4, -0.2) is 23.3 Å². The molecular weight excluding hydrogens is 198 g/mol. The van der Waals surface area contributed by atoms with E-state index >= 15 is 0 Å². The van der Waals surface area contributed by atoms with Crippen LogP contribution in [0.15, 0.2) is 12.7 Å². The van der Waals surface area contributed by atoms with Gasteiger partial charge in [-0.3, -0.25) is 0 Å². The molecular formula is C14H27NO. The van der Waals surface area contributed by atoms with Crippen molar-refractivity contribution < 1.29 is 5.11 Å². The molecule has 0 spiro atoms. The number of rotatable bonds is 5. The van der Waals surface area contributed by atoms with E-state index in [0.29, 0.717) is 11.8 Å². The highest BCUT2D eigenvalue weighted by Gasteiger charge is 2.37. The van der Waals surface area contributed by atoms with Gasteiger partial charge in [-0.2, -0.15) is 0 Å². The predicted molar refractivity (Wildman–Crippen MR) is 69.4 cm³/mol. The Morgan fingerprint density at radius 1 is 1.44 bits per heavy atom. The third-order valence-electron chi connectivity index (χ3n) is 3.93. The first-order valence-corrected chi connectivity index (χ1v) is 6.51. The maximum atomic E-state index is 10.2. The number of aliphatic hydroxyl groups excluding tert-OH is 1. The van der Waals surface area contributed by atoms with Crippen LogP contribution < -0.4 is 5.32 Å². The minimum Gasteiger partial charge on any atom is -0.393 e. The van der Waals surface area contributed by atoms with Gasteiger partial charge < -0.3 is 10.4 Å². The van der Waals surface area contributed by atoms with Crippen LogP contribution in [0.5, 0.6) is 0 Å². The van der Waals surface area contributed by atoms with Crippen molar-refractivity contribution in [3.63, 3.8) is 0 Å². The summed E-state index contributed by atoms with van der Waals surface area (Å²) in [7, 11) is 0. The van der Waals surface area contributed by atoms with Crippen LogP contribution in [0.2, 0.25) is 0 Å². The Morgan fingerprint density at radius 2 is 2.12 bits per heavy atom. The van der Waals surface area contributed by atoms with E-state index in [0.717, 1.165) is 25.8 Å². The Kier molecular flexibility index (Phi) is 5.00. The lowest BCUT2D eigenvalue weighted by Gasteiger charge is -2.42. The van der Waals surface area contributed by atoms with Crippen molar-refractivity contribution >= 4 is 0 Å². The van der Waals surface area contributed by atoms with E-state index in [2.05, 4.69) is 32.7 Å². The van der Waals surface area contributed by atoms with Gasteiger partial charge >= 0.3 is 0 Å². The first kappa shape index (κ1) is 13.7. The standard InChI is InChI=1S/C14H27NO/c1-5-6-9-15-14(3,4)12-8-7-11(2)10-13(12)16/h5,11-13,15-16H,1,6-10H2,2-4H3/t11-,12-,13-/m1/s1. The molecule has 0 aromatic rings. The van der Waals surface area contributed by atoms with Crippen LogP contribution in [0.1, 0.15) is 46.5 Å². The van der Waals surface area contributed by atoms with Gasteiger partial charge in [0, 0.05) is 11.5 Å². The minimum atomic E-state index is -0.144. The van der Waals surface area contributed by atoms with Gasteiger partial charge in [0.05, 0.1) is 6.10 Å². The smallest absolute Gasteiger partial charge is 0.0588 e. The molecule has 94 valence electrons. The van der Waals surface area contributed by atoms with E-state index < -0.39 is 0 Å². The zero-order valence-corrected chi connectivity index (χ0v) is 11.0. The molecule has 3 atom stereocenters. The SMILES string of the molecule is C=CCCNC(C)(C)[C@@H]1CC[C@@H](C)C[C@H]1O. The average Bonchev–Trinajstić information content (AvgIpc) is 2.17. The molecule has 0 aliphatic heterocycles. The molecule has 0 aromatic carbocycles. The first-order valence-electron chi connectivity index (χ1n) is 6.51. The van der Waals surface area contributed by atoms with Gasteiger partial charge in [-0.15, -0.1) is 6.58 Å². The summed E-state index contributed by atoms with van der Waals surface area (Å²) in [6.45, 7) is 11.3. The Labute approximate surface area is 100 Å². The zero-order valence-electron chi connectivity index (χ0n) is 11.0. The quantitative estimate of drug-likeness (QED) is 0.557. The molecule has 0 amide bonds. The van der Waals surface area contributed by atoms with Crippen LogP contribution in [0.3, 0.4) is 0 Å². The maximum absolute atomic E-state index is 10.2. The highest BCUT2D eigenvalue weighted by atomic mass is 16.3. The lowest BCUT2D eigenvalue weighted by Crippen LogP contribution is -2.52. The average molecular weight is 225 g/mol. The topological polar surface area (TPSA) is 32.3 Å². The Morgan fingerprint density at radius 3 is 2.69 bits per heavy atom. The summed E-state index contributed by atoms with van der Waals surface area (Å²) < 4.78 is 0. The fourth-order valence-corrected chi connectivity index (χ4v) is 2.82. The molecule has 1 aliphatic carbocycles. The number of hydrogen-bond acceptors (Lipinski definition) is 2. The Bertz CT molecular complexity index is 225. The van der Waals surface area contributed by atoms with Crippen molar-refractivity contribution in [1.82, 2.24) is 5.32 Å². The molecule has 2 heteroatoms. The lowest BCUT2D eigenvalue weighted by molar-refractivity contribution is 0.00638. The number of hydrogen-bond donors (Lipinski definition) is 2. The van der Waals surface area contributed by atoms with Crippen LogP contribution in [0, 0.1) is 11.8 Å². The van der Waals surface area contributed by atoms with Crippen molar-refractivity contribution in [2.75, 3.05) is 6.54 Å². The second-order valence-electron chi connectivity index (χ2n) is 5.82. The highest BCUT2D eigenvalue weighted by Crippen LogP contribution is 2.35. The molecule has 1 aliphatic rings.